The summed E-state index contributed by atoms with van der Waals surface area (Å²) >= 11 is 6.19. The predicted octanol–water partition coefficient (Wildman–Crippen LogP) is 5.07. The van der Waals surface area contributed by atoms with E-state index in [0.717, 1.165) is 56.8 Å². The number of likely N-dealkylation sites (N-methyl/N-ethyl adjacent to an activating group) is 1. The molecule has 3 aromatic carbocycles. The molecule has 0 aromatic heterocycles. The number of hydrogen-bond donors (Lipinski definition) is 0. The van der Waals surface area contributed by atoms with Crippen molar-refractivity contribution in [1.82, 2.24) is 14.7 Å². The summed E-state index contributed by atoms with van der Waals surface area (Å²) in [5, 5.41) is 0.709. The second-order valence-electron chi connectivity index (χ2n) is 10.1. The molecule has 0 radical (unpaired) electrons. The molecule has 1 saturated carbocycles. The largest absolute Gasteiger partial charge is 0.341 e. The zero-order valence-corrected chi connectivity index (χ0v) is 21.2. The number of benzene rings is 3. The average Bonchev–Trinajstić information content (AvgIpc) is 3.61. The lowest BCUT2D eigenvalue weighted by molar-refractivity contribution is -0.133. The Morgan fingerprint density at radius 1 is 0.857 bits per heavy atom. The van der Waals surface area contributed by atoms with Crippen molar-refractivity contribution in [2.75, 3.05) is 39.8 Å². The fourth-order valence-corrected chi connectivity index (χ4v) is 5.72. The van der Waals surface area contributed by atoms with Crippen LogP contribution < -0.4 is 0 Å². The number of rotatable bonds is 8. The zero-order valence-electron chi connectivity index (χ0n) is 20.4. The summed E-state index contributed by atoms with van der Waals surface area (Å²) in [4.78, 5) is 20.9. The van der Waals surface area contributed by atoms with Gasteiger partial charge in [-0.2, -0.15) is 0 Å². The highest BCUT2D eigenvalue weighted by atomic mass is 35.5. The van der Waals surface area contributed by atoms with Crippen LogP contribution in [0, 0.1) is 5.92 Å². The minimum Gasteiger partial charge on any atom is -0.341 e. The molecule has 1 saturated heterocycles. The molecule has 3 aromatic rings. The van der Waals surface area contributed by atoms with E-state index >= 15 is 0 Å². The van der Waals surface area contributed by atoms with Gasteiger partial charge >= 0.3 is 0 Å². The predicted molar refractivity (Wildman–Crippen MR) is 142 cm³/mol. The molecule has 1 aliphatic heterocycles. The van der Waals surface area contributed by atoms with E-state index in [9.17, 15) is 4.79 Å². The van der Waals surface area contributed by atoms with E-state index in [1.54, 1.807) is 0 Å². The van der Waals surface area contributed by atoms with E-state index < -0.39 is 5.41 Å². The fourth-order valence-electron chi connectivity index (χ4n) is 5.59. The summed E-state index contributed by atoms with van der Waals surface area (Å²) in [5.74, 6) is 0.548. The number of hydrogen-bond acceptors (Lipinski definition) is 3. The van der Waals surface area contributed by atoms with Crippen molar-refractivity contribution < 1.29 is 4.79 Å². The highest BCUT2D eigenvalue weighted by Gasteiger charge is 2.61. The van der Waals surface area contributed by atoms with Gasteiger partial charge in [0.05, 0.1) is 5.41 Å². The lowest BCUT2D eigenvalue weighted by Gasteiger charge is -2.35. The van der Waals surface area contributed by atoms with Crippen molar-refractivity contribution in [2.24, 2.45) is 5.92 Å². The van der Waals surface area contributed by atoms with Gasteiger partial charge in [0.1, 0.15) is 0 Å². The first-order valence-corrected chi connectivity index (χ1v) is 13.0. The third-order valence-electron chi connectivity index (χ3n) is 7.65. The second-order valence-corrected chi connectivity index (χ2v) is 10.5. The molecule has 1 heterocycles. The fraction of sp³-hybridized carbons (Fsp3) is 0.367. The SMILES string of the molecule is CN(Cc1ccccc1)C(=O)[C@@]1(c2ccc(Cl)cc2)C[C@H]1CN1CCN(Cc2ccccc2)CC1. The maximum Gasteiger partial charge on any atom is 0.233 e. The average molecular weight is 488 g/mol. The molecule has 0 N–H and O–H groups in total. The molecular weight excluding hydrogens is 454 g/mol. The summed E-state index contributed by atoms with van der Waals surface area (Å²) < 4.78 is 0. The van der Waals surface area contributed by atoms with Crippen LogP contribution in [0.2, 0.25) is 5.02 Å². The van der Waals surface area contributed by atoms with Crippen LogP contribution in [-0.2, 0) is 23.3 Å². The highest BCUT2D eigenvalue weighted by Crippen LogP contribution is 2.56. The van der Waals surface area contributed by atoms with Gasteiger partial charge in [-0.05, 0) is 41.2 Å². The van der Waals surface area contributed by atoms with Gasteiger partial charge in [-0.15, -0.1) is 0 Å². The summed E-state index contributed by atoms with van der Waals surface area (Å²) in [7, 11) is 1.94. The van der Waals surface area contributed by atoms with Gasteiger partial charge in [-0.25, -0.2) is 0 Å². The van der Waals surface area contributed by atoms with E-state index in [1.165, 1.54) is 5.56 Å². The van der Waals surface area contributed by atoms with Crippen molar-refractivity contribution >= 4 is 17.5 Å². The first-order valence-electron chi connectivity index (χ1n) is 12.6. The maximum atomic E-state index is 13.9. The molecule has 1 aliphatic carbocycles. The quantitative estimate of drug-likeness (QED) is 0.443. The van der Waals surface area contributed by atoms with Crippen molar-refractivity contribution in [1.29, 1.82) is 0 Å². The number of carbonyl (C=O) groups excluding carboxylic acids is 1. The van der Waals surface area contributed by atoms with E-state index in [0.29, 0.717) is 17.5 Å². The summed E-state index contributed by atoms with van der Waals surface area (Å²) in [6.45, 7) is 6.83. The van der Waals surface area contributed by atoms with Crippen LogP contribution in [0.5, 0.6) is 0 Å². The molecule has 35 heavy (non-hydrogen) atoms. The summed E-state index contributed by atoms with van der Waals surface area (Å²) in [6, 6.07) is 28.9. The monoisotopic (exact) mass is 487 g/mol. The number of halogens is 1. The lowest BCUT2D eigenvalue weighted by Crippen LogP contribution is -2.47. The highest BCUT2D eigenvalue weighted by molar-refractivity contribution is 6.30. The van der Waals surface area contributed by atoms with E-state index in [4.69, 9.17) is 11.6 Å². The Labute approximate surface area is 214 Å². The topological polar surface area (TPSA) is 26.8 Å². The van der Waals surface area contributed by atoms with Crippen LogP contribution in [0.15, 0.2) is 84.9 Å². The molecule has 5 rings (SSSR count). The van der Waals surface area contributed by atoms with Crippen LogP contribution in [0.3, 0.4) is 0 Å². The Morgan fingerprint density at radius 3 is 2.06 bits per heavy atom. The summed E-state index contributed by atoms with van der Waals surface area (Å²) in [6.07, 6.45) is 0.900. The van der Waals surface area contributed by atoms with Gasteiger partial charge in [0.25, 0.3) is 0 Å². The molecule has 4 nitrogen and oxygen atoms in total. The van der Waals surface area contributed by atoms with Gasteiger partial charge < -0.3 is 9.80 Å². The van der Waals surface area contributed by atoms with E-state index in [1.807, 2.05) is 54.4 Å². The number of piperazine rings is 1. The van der Waals surface area contributed by atoms with Gasteiger partial charge in [0, 0.05) is 57.9 Å². The molecule has 2 atom stereocenters. The summed E-state index contributed by atoms with van der Waals surface area (Å²) in [5.41, 5.74) is 3.17. The Balaban J connectivity index is 1.25. The smallest absolute Gasteiger partial charge is 0.233 e. The molecule has 0 unspecified atom stereocenters. The van der Waals surface area contributed by atoms with Crippen molar-refractivity contribution in [3.63, 3.8) is 0 Å². The van der Waals surface area contributed by atoms with Crippen LogP contribution >= 0.6 is 11.6 Å². The van der Waals surface area contributed by atoms with Crippen molar-refractivity contribution in [3.8, 4) is 0 Å². The lowest BCUT2D eigenvalue weighted by atomic mass is 9.91. The van der Waals surface area contributed by atoms with Crippen LogP contribution in [-0.4, -0.2) is 60.4 Å². The first-order chi connectivity index (χ1) is 17.0. The molecule has 5 heteroatoms. The van der Waals surface area contributed by atoms with Crippen LogP contribution in [0.1, 0.15) is 23.1 Å². The van der Waals surface area contributed by atoms with Gasteiger partial charge in [0.2, 0.25) is 5.91 Å². The Bertz CT molecular complexity index is 1110. The Morgan fingerprint density at radius 2 is 1.43 bits per heavy atom. The number of amides is 1. The van der Waals surface area contributed by atoms with Crippen molar-refractivity contribution in [3.05, 3.63) is 107 Å². The molecule has 0 spiro atoms. The van der Waals surface area contributed by atoms with Crippen molar-refractivity contribution in [2.45, 2.75) is 24.9 Å². The normalized spacial score (nSPS) is 22.6. The van der Waals surface area contributed by atoms with E-state index in [2.05, 4.69) is 52.3 Å². The maximum absolute atomic E-state index is 13.9. The van der Waals surface area contributed by atoms with Gasteiger partial charge in [-0.3, -0.25) is 9.69 Å². The molecule has 182 valence electrons. The molecule has 2 fully saturated rings. The number of nitrogens with zero attached hydrogens (tertiary/aromatic N) is 3. The Kier molecular flexibility index (Phi) is 7.24. The Hall–Kier alpha value is -2.66. The van der Waals surface area contributed by atoms with Gasteiger partial charge in [0.15, 0.2) is 0 Å². The van der Waals surface area contributed by atoms with E-state index in [-0.39, 0.29) is 5.91 Å². The van der Waals surface area contributed by atoms with Gasteiger partial charge in [-0.1, -0.05) is 84.4 Å². The van der Waals surface area contributed by atoms with Crippen LogP contribution in [0.4, 0.5) is 0 Å². The third-order valence-corrected chi connectivity index (χ3v) is 7.90. The molecule has 1 amide bonds. The third kappa shape index (κ3) is 5.45. The molecular formula is C30H34ClN3O. The second kappa shape index (κ2) is 10.5. The molecule has 2 aliphatic rings. The minimum atomic E-state index is -0.449. The first kappa shape index (κ1) is 24.1. The van der Waals surface area contributed by atoms with Crippen LogP contribution in [0.25, 0.3) is 0 Å². The number of carbonyl (C=O) groups is 1. The zero-order chi connectivity index (χ0) is 24.3. The molecule has 0 bridgehead atoms. The minimum absolute atomic E-state index is 0.219. The standard InChI is InChI=1S/C30H34ClN3O/c1-32(21-24-8-4-2-5-9-24)29(35)30(26-12-14-28(31)15-13-26)20-27(30)23-34-18-16-33(17-19-34)22-25-10-6-3-7-11-25/h2-15,27H,16-23H2,1H3/t27-,30+/m0/s1.